The van der Waals surface area contributed by atoms with Crippen LogP contribution in [0, 0.1) is 0 Å². The zero-order chi connectivity index (χ0) is 22.5. The summed E-state index contributed by atoms with van der Waals surface area (Å²) in [5, 5.41) is 3.33. The minimum absolute atomic E-state index is 0.212. The third-order valence-electron chi connectivity index (χ3n) is 5.22. The van der Waals surface area contributed by atoms with Crippen LogP contribution in [-0.4, -0.2) is 36.2 Å². The summed E-state index contributed by atoms with van der Waals surface area (Å²) in [4.78, 5) is 30.0. The fraction of sp³-hybridized carbons (Fsp3) is 0.160. The average molecular weight is 429 g/mol. The molecule has 7 heteroatoms. The van der Waals surface area contributed by atoms with E-state index in [1.807, 2.05) is 36.4 Å². The van der Waals surface area contributed by atoms with E-state index in [1.165, 1.54) is 10.9 Å². The lowest BCUT2D eigenvalue weighted by Crippen LogP contribution is -2.26. The number of aromatic nitrogens is 2. The predicted octanol–water partition coefficient (Wildman–Crippen LogP) is 3.38. The van der Waals surface area contributed by atoms with Crippen molar-refractivity contribution in [1.29, 1.82) is 0 Å². The lowest BCUT2D eigenvalue weighted by molar-refractivity contribution is 0.0954. The maximum Gasteiger partial charge on any atom is 0.265 e. The van der Waals surface area contributed by atoms with Crippen molar-refractivity contribution < 1.29 is 14.3 Å². The van der Waals surface area contributed by atoms with Crippen molar-refractivity contribution in [2.75, 3.05) is 20.8 Å². The second-order valence-electron chi connectivity index (χ2n) is 7.18. The van der Waals surface area contributed by atoms with Crippen molar-refractivity contribution in [1.82, 2.24) is 14.9 Å². The van der Waals surface area contributed by atoms with Gasteiger partial charge >= 0.3 is 0 Å². The van der Waals surface area contributed by atoms with E-state index in [4.69, 9.17) is 9.47 Å². The zero-order valence-electron chi connectivity index (χ0n) is 17.9. The Morgan fingerprint density at radius 2 is 1.78 bits per heavy atom. The van der Waals surface area contributed by atoms with Crippen LogP contribution in [0.4, 0.5) is 0 Å². The van der Waals surface area contributed by atoms with Crippen molar-refractivity contribution in [2.24, 2.45) is 0 Å². The first-order valence-electron chi connectivity index (χ1n) is 10.2. The van der Waals surface area contributed by atoms with Crippen LogP contribution in [0.2, 0.25) is 0 Å². The molecular formula is C25H23N3O4. The number of para-hydroxylation sites is 2. The van der Waals surface area contributed by atoms with Crippen LogP contribution in [-0.2, 0) is 6.42 Å². The van der Waals surface area contributed by atoms with E-state index in [-0.39, 0.29) is 11.5 Å². The molecule has 0 aliphatic rings. The van der Waals surface area contributed by atoms with Gasteiger partial charge in [-0.25, -0.2) is 4.98 Å². The summed E-state index contributed by atoms with van der Waals surface area (Å²) >= 11 is 0. The number of methoxy groups -OCH3 is 2. The van der Waals surface area contributed by atoms with Crippen LogP contribution in [0.5, 0.6) is 11.5 Å². The monoisotopic (exact) mass is 429 g/mol. The van der Waals surface area contributed by atoms with Gasteiger partial charge in [-0.3, -0.25) is 14.2 Å². The highest BCUT2D eigenvalue weighted by atomic mass is 16.5. The minimum atomic E-state index is -0.231. The number of benzene rings is 3. The molecule has 32 heavy (non-hydrogen) atoms. The summed E-state index contributed by atoms with van der Waals surface area (Å²) in [5.74, 6) is 1.16. The second kappa shape index (κ2) is 9.34. The molecule has 0 radical (unpaired) electrons. The summed E-state index contributed by atoms with van der Waals surface area (Å²) in [7, 11) is 3.18. The maximum atomic E-state index is 13.0. The van der Waals surface area contributed by atoms with Gasteiger partial charge in [0.2, 0.25) is 0 Å². The van der Waals surface area contributed by atoms with Crippen LogP contribution >= 0.6 is 0 Å². The molecule has 1 N–H and O–H groups in total. The van der Waals surface area contributed by atoms with Crippen LogP contribution in [0.25, 0.3) is 16.6 Å². The van der Waals surface area contributed by atoms with Gasteiger partial charge in [-0.1, -0.05) is 24.3 Å². The van der Waals surface area contributed by atoms with E-state index in [2.05, 4.69) is 10.3 Å². The molecule has 7 nitrogen and oxygen atoms in total. The molecule has 0 aliphatic heterocycles. The van der Waals surface area contributed by atoms with Gasteiger partial charge in [0.25, 0.3) is 11.5 Å². The quantitative estimate of drug-likeness (QED) is 0.487. The molecule has 4 rings (SSSR count). The third kappa shape index (κ3) is 4.32. The Morgan fingerprint density at radius 1 is 1.00 bits per heavy atom. The number of ether oxygens (including phenoxy) is 2. The number of nitrogens with one attached hydrogen (secondary N) is 1. The van der Waals surface area contributed by atoms with Crippen LogP contribution < -0.4 is 20.3 Å². The normalized spacial score (nSPS) is 10.7. The number of amides is 1. The van der Waals surface area contributed by atoms with E-state index in [9.17, 15) is 9.59 Å². The Morgan fingerprint density at radius 3 is 2.53 bits per heavy atom. The molecule has 1 aromatic heterocycles. The molecule has 0 bridgehead atoms. The smallest absolute Gasteiger partial charge is 0.265 e. The third-order valence-corrected chi connectivity index (χ3v) is 5.22. The largest absolute Gasteiger partial charge is 0.497 e. The molecule has 0 spiro atoms. The fourth-order valence-corrected chi connectivity index (χ4v) is 3.48. The van der Waals surface area contributed by atoms with Crippen molar-refractivity contribution in [3.63, 3.8) is 0 Å². The molecule has 0 unspecified atom stereocenters. The molecule has 3 aromatic carbocycles. The SMILES string of the molecule is COc1ccc(CCNC(=O)c2ccc3c(=O)n(-c4ccccc4OC)cnc3c2)cc1. The van der Waals surface area contributed by atoms with Gasteiger partial charge < -0.3 is 14.8 Å². The van der Waals surface area contributed by atoms with E-state index in [1.54, 1.807) is 44.6 Å². The number of nitrogens with zero attached hydrogens (tertiary/aromatic N) is 2. The van der Waals surface area contributed by atoms with Gasteiger partial charge in [0, 0.05) is 12.1 Å². The van der Waals surface area contributed by atoms with Crippen molar-refractivity contribution in [3.8, 4) is 17.2 Å². The molecule has 162 valence electrons. The Kier molecular flexibility index (Phi) is 6.17. The molecule has 1 amide bonds. The highest BCUT2D eigenvalue weighted by Crippen LogP contribution is 2.21. The highest BCUT2D eigenvalue weighted by molar-refractivity contribution is 5.97. The number of fused-ring (bicyclic) bond motifs is 1. The molecule has 4 aromatic rings. The van der Waals surface area contributed by atoms with Crippen molar-refractivity contribution in [2.45, 2.75) is 6.42 Å². The van der Waals surface area contributed by atoms with Crippen LogP contribution in [0.15, 0.2) is 77.9 Å². The number of carbonyl (C=O) groups excluding carboxylic acids is 1. The summed E-state index contributed by atoms with van der Waals surface area (Å²) in [6.45, 7) is 0.492. The Bertz CT molecular complexity index is 1310. The summed E-state index contributed by atoms with van der Waals surface area (Å²) in [6.07, 6.45) is 2.15. The number of hydrogen-bond acceptors (Lipinski definition) is 5. The molecule has 0 saturated carbocycles. The molecule has 1 heterocycles. The fourth-order valence-electron chi connectivity index (χ4n) is 3.48. The molecule has 0 atom stereocenters. The van der Waals surface area contributed by atoms with Gasteiger partial charge in [0.15, 0.2) is 0 Å². The molecular weight excluding hydrogens is 406 g/mol. The van der Waals surface area contributed by atoms with Gasteiger partial charge in [-0.2, -0.15) is 0 Å². The Labute approximate surface area is 185 Å². The average Bonchev–Trinajstić information content (AvgIpc) is 2.84. The first kappa shape index (κ1) is 21.1. The van der Waals surface area contributed by atoms with Gasteiger partial charge in [0.05, 0.1) is 30.8 Å². The first-order valence-corrected chi connectivity index (χ1v) is 10.2. The van der Waals surface area contributed by atoms with Crippen molar-refractivity contribution >= 4 is 16.8 Å². The van der Waals surface area contributed by atoms with E-state index in [0.717, 1.165) is 11.3 Å². The van der Waals surface area contributed by atoms with Crippen LogP contribution in [0.3, 0.4) is 0 Å². The molecule has 0 saturated heterocycles. The summed E-state index contributed by atoms with van der Waals surface area (Å²) in [5.41, 5.74) is 2.39. The standard InChI is InChI=1S/C25H23N3O4/c1-31-19-10-7-17(8-11-19)13-14-26-24(29)18-9-12-20-21(15-18)27-16-28(25(20)30)22-5-3-4-6-23(22)32-2/h3-12,15-16H,13-14H2,1-2H3,(H,26,29). The number of hydrogen-bond donors (Lipinski definition) is 1. The zero-order valence-corrected chi connectivity index (χ0v) is 17.9. The van der Waals surface area contributed by atoms with Gasteiger partial charge in [0.1, 0.15) is 17.8 Å². The lowest BCUT2D eigenvalue weighted by Gasteiger charge is -2.11. The molecule has 0 fully saturated rings. The maximum absolute atomic E-state index is 13.0. The topological polar surface area (TPSA) is 82.5 Å². The lowest BCUT2D eigenvalue weighted by atomic mass is 10.1. The Hall–Kier alpha value is -4.13. The van der Waals surface area contributed by atoms with E-state index >= 15 is 0 Å². The first-order chi connectivity index (χ1) is 15.6. The predicted molar refractivity (Wildman–Crippen MR) is 123 cm³/mol. The second-order valence-corrected chi connectivity index (χ2v) is 7.18. The minimum Gasteiger partial charge on any atom is -0.497 e. The van der Waals surface area contributed by atoms with E-state index in [0.29, 0.717) is 40.9 Å². The van der Waals surface area contributed by atoms with Gasteiger partial charge in [-0.05, 0) is 54.4 Å². The number of carbonyl (C=O) groups is 1. The molecule has 0 aliphatic carbocycles. The van der Waals surface area contributed by atoms with Gasteiger partial charge in [-0.15, -0.1) is 0 Å². The summed E-state index contributed by atoms with van der Waals surface area (Å²) < 4.78 is 11.9. The van der Waals surface area contributed by atoms with E-state index < -0.39 is 0 Å². The summed E-state index contributed by atoms with van der Waals surface area (Å²) in [6, 6.07) is 19.9. The number of rotatable bonds is 7. The van der Waals surface area contributed by atoms with Crippen LogP contribution in [0.1, 0.15) is 15.9 Å². The highest BCUT2D eigenvalue weighted by Gasteiger charge is 2.12. The Balaban J connectivity index is 1.50. The van der Waals surface area contributed by atoms with Crippen molar-refractivity contribution in [3.05, 3.63) is 94.5 Å².